The normalized spacial score (nSPS) is 14.2. The van der Waals surface area contributed by atoms with E-state index in [1.165, 1.54) is 7.11 Å². The van der Waals surface area contributed by atoms with Crippen molar-refractivity contribution in [2.45, 2.75) is 39.2 Å². The summed E-state index contributed by atoms with van der Waals surface area (Å²) in [6.45, 7) is 6.22. The third-order valence-electron chi connectivity index (χ3n) is 4.64. The molecule has 0 bridgehead atoms. The van der Waals surface area contributed by atoms with Gasteiger partial charge in [-0.25, -0.2) is 4.79 Å². The Morgan fingerprint density at radius 2 is 1.93 bits per heavy atom. The molecule has 150 valence electrons. The highest BCUT2D eigenvalue weighted by molar-refractivity contribution is 6.21. The van der Waals surface area contributed by atoms with E-state index < -0.39 is 5.97 Å². The van der Waals surface area contributed by atoms with Gasteiger partial charge in [0.05, 0.1) is 19.6 Å². The fourth-order valence-electron chi connectivity index (χ4n) is 3.38. The summed E-state index contributed by atoms with van der Waals surface area (Å²) in [6.07, 6.45) is 0.753. The van der Waals surface area contributed by atoms with Gasteiger partial charge in [-0.05, 0) is 43.0 Å². The van der Waals surface area contributed by atoms with Crippen LogP contribution < -0.4 is 14.2 Å². The maximum Gasteiger partial charge on any atom is 0.346 e. The van der Waals surface area contributed by atoms with Gasteiger partial charge in [-0.3, -0.25) is 0 Å². The average Bonchev–Trinajstić information content (AvgIpc) is 2.64. The highest BCUT2D eigenvalue weighted by Crippen LogP contribution is 2.45. The van der Waals surface area contributed by atoms with Crippen LogP contribution in [-0.4, -0.2) is 20.2 Å². The predicted molar refractivity (Wildman–Crippen MR) is 108 cm³/mol. The van der Waals surface area contributed by atoms with E-state index in [9.17, 15) is 4.79 Å². The summed E-state index contributed by atoms with van der Waals surface area (Å²) in [5.41, 5.74) is 2.72. The second-order valence-corrected chi connectivity index (χ2v) is 7.82. The van der Waals surface area contributed by atoms with Crippen LogP contribution in [0.3, 0.4) is 0 Å². The molecular weight excluding hydrogens is 380 g/mol. The Morgan fingerprint density at radius 3 is 2.57 bits per heavy atom. The van der Waals surface area contributed by atoms with Crippen LogP contribution in [0.15, 0.2) is 24.3 Å². The molecule has 0 N–H and O–H groups in total. The van der Waals surface area contributed by atoms with Gasteiger partial charge in [0.2, 0.25) is 0 Å². The number of carbonyl (C=O) groups is 1. The van der Waals surface area contributed by atoms with Crippen molar-refractivity contribution in [3.05, 3.63) is 46.5 Å². The zero-order chi connectivity index (χ0) is 20.4. The van der Waals surface area contributed by atoms with E-state index in [1.807, 2.05) is 25.1 Å². The Bertz CT molecular complexity index is 891. The second-order valence-electron chi connectivity index (χ2n) is 7.29. The Morgan fingerprint density at radius 1 is 1.18 bits per heavy atom. The number of alkyl halides is 1. The van der Waals surface area contributed by atoms with Crippen LogP contribution in [0.4, 0.5) is 0 Å². The molecule has 1 aliphatic rings. The van der Waals surface area contributed by atoms with Crippen LogP contribution >= 0.6 is 11.6 Å². The summed E-state index contributed by atoms with van der Waals surface area (Å²) in [4.78, 5) is 12.8. The molecule has 3 rings (SSSR count). The van der Waals surface area contributed by atoms with Crippen molar-refractivity contribution in [2.75, 3.05) is 14.2 Å². The zero-order valence-corrected chi connectivity index (χ0v) is 17.6. The first-order valence-corrected chi connectivity index (χ1v) is 9.66. The molecule has 0 spiro atoms. The standard InChI is InChI=1S/C22H25ClO5/c1-12(2)8-16(23)15-6-7-17-19(21(15)26-5)22(24)27-11-14-9-13(3)10-18(25-4)20(14)28-17/h6-7,9-10,12,16H,8,11H2,1-5H3. The molecule has 2 aromatic carbocycles. The van der Waals surface area contributed by atoms with Crippen molar-refractivity contribution < 1.29 is 23.7 Å². The highest BCUT2D eigenvalue weighted by Gasteiger charge is 2.30. The quantitative estimate of drug-likeness (QED) is 0.465. The second kappa shape index (κ2) is 8.31. The first-order valence-electron chi connectivity index (χ1n) is 9.23. The maximum atomic E-state index is 12.8. The fraction of sp³-hybridized carbons (Fsp3) is 0.409. The minimum Gasteiger partial charge on any atom is -0.495 e. The Kier molecular flexibility index (Phi) is 6.04. The van der Waals surface area contributed by atoms with Gasteiger partial charge in [0.15, 0.2) is 11.5 Å². The lowest BCUT2D eigenvalue weighted by Gasteiger charge is -2.24. The summed E-state index contributed by atoms with van der Waals surface area (Å²) in [6, 6.07) is 7.37. The number of carbonyl (C=O) groups excluding carboxylic acids is 1. The van der Waals surface area contributed by atoms with Gasteiger partial charge < -0.3 is 18.9 Å². The van der Waals surface area contributed by atoms with E-state index in [1.54, 1.807) is 13.2 Å². The molecule has 0 saturated heterocycles. The predicted octanol–water partition coefficient (Wildman–Crippen LogP) is 5.80. The van der Waals surface area contributed by atoms with Crippen molar-refractivity contribution in [1.82, 2.24) is 0 Å². The average molecular weight is 405 g/mol. The van der Waals surface area contributed by atoms with Crippen LogP contribution in [0, 0.1) is 12.8 Å². The lowest BCUT2D eigenvalue weighted by atomic mass is 9.98. The molecule has 6 heteroatoms. The number of hydrogen-bond acceptors (Lipinski definition) is 5. The number of methoxy groups -OCH3 is 2. The van der Waals surface area contributed by atoms with Gasteiger partial charge in [0.25, 0.3) is 0 Å². The Balaban J connectivity index is 2.14. The lowest BCUT2D eigenvalue weighted by molar-refractivity contribution is 0.0454. The number of fused-ring (bicyclic) bond motifs is 2. The minimum absolute atomic E-state index is 0.0787. The van der Waals surface area contributed by atoms with Crippen molar-refractivity contribution in [2.24, 2.45) is 5.92 Å². The summed E-state index contributed by atoms with van der Waals surface area (Å²) in [5, 5.41) is -0.289. The number of ether oxygens (including phenoxy) is 4. The van der Waals surface area contributed by atoms with E-state index >= 15 is 0 Å². The van der Waals surface area contributed by atoms with Gasteiger partial charge in [-0.15, -0.1) is 11.6 Å². The van der Waals surface area contributed by atoms with Crippen molar-refractivity contribution >= 4 is 17.6 Å². The van der Waals surface area contributed by atoms with E-state index in [4.69, 9.17) is 30.5 Å². The summed E-state index contributed by atoms with van der Waals surface area (Å²) in [5.74, 6) is 1.74. The van der Waals surface area contributed by atoms with Gasteiger partial charge in [0, 0.05) is 11.1 Å². The molecule has 1 atom stereocenters. The largest absolute Gasteiger partial charge is 0.495 e. The molecule has 0 saturated carbocycles. The molecule has 0 radical (unpaired) electrons. The van der Waals surface area contributed by atoms with Crippen LogP contribution in [0.1, 0.15) is 52.7 Å². The first kappa shape index (κ1) is 20.3. The molecule has 1 aliphatic heterocycles. The number of cyclic esters (lactones) is 1. The van der Waals surface area contributed by atoms with Crippen LogP contribution in [0.2, 0.25) is 0 Å². The van der Waals surface area contributed by atoms with E-state index in [2.05, 4.69) is 13.8 Å². The lowest BCUT2D eigenvalue weighted by Crippen LogP contribution is -2.14. The van der Waals surface area contributed by atoms with Crippen molar-refractivity contribution in [1.29, 1.82) is 0 Å². The highest BCUT2D eigenvalue weighted by atomic mass is 35.5. The number of esters is 1. The summed E-state index contributed by atoms with van der Waals surface area (Å²) >= 11 is 6.60. The third-order valence-corrected chi connectivity index (χ3v) is 5.05. The van der Waals surface area contributed by atoms with Gasteiger partial charge >= 0.3 is 5.97 Å². The molecule has 0 amide bonds. The molecule has 1 heterocycles. The van der Waals surface area contributed by atoms with Gasteiger partial charge in [0.1, 0.15) is 23.7 Å². The molecule has 0 aromatic heterocycles. The molecule has 0 aliphatic carbocycles. The molecule has 28 heavy (non-hydrogen) atoms. The number of benzene rings is 2. The fourth-order valence-corrected chi connectivity index (χ4v) is 3.91. The Hall–Kier alpha value is -2.40. The third kappa shape index (κ3) is 3.90. The zero-order valence-electron chi connectivity index (χ0n) is 16.8. The van der Waals surface area contributed by atoms with Crippen LogP contribution in [0.25, 0.3) is 0 Å². The number of halogens is 1. The monoisotopic (exact) mass is 404 g/mol. The van der Waals surface area contributed by atoms with Gasteiger partial charge in [-0.2, -0.15) is 0 Å². The number of aryl methyl sites for hydroxylation is 1. The summed E-state index contributed by atoms with van der Waals surface area (Å²) < 4.78 is 22.7. The van der Waals surface area contributed by atoms with Gasteiger partial charge in [-0.1, -0.05) is 19.9 Å². The van der Waals surface area contributed by atoms with E-state index in [0.29, 0.717) is 28.9 Å². The van der Waals surface area contributed by atoms with Crippen molar-refractivity contribution in [3.8, 4) is 23.0 Å². The number of hydrogen-bond donors (Lipinski definition) is 0. The molecule has 0 fully saturated rings. The minimum atomic E-state index is -0.506. The molecule has 5 nitrogen and oxygen atoms in total. The number of rotatable bonds is 5. The van der Waals surface area contributed by atoms with Crippen LogP contribution in [-0.2, 0) is 11.3 Å². The van der Waals surface area contributed by atoms with Crippen molar-refractivity contribution in [3.63, 3.8) is 0 Å². The maximum absolute atomic E-state index is 12.8. The van der Waals surface area contributed by atoms with Crippen LogP contribution in [0.5, 0.6) is 23.0 Å². The molecule has 1 unspecified atom stereocenters. The summed E-state index contributed by atoms with van der Waals surface area (Å²) in [7, 11) is 3.10. The first-order chi connectivity index (χ1) is 13.3. The van der Waals surface area contributed by atoms with E-state index in [0.717, 1.165) is 23.1 Å². The van der Waals surface area contributed by atoms with E-state index in [-0.39, 0.29) is 17.5 Å². The topological polar surface area (TPSA) is 54.0 Å². The smallest absolute Gasteiger partial charge is 0.346 e. The molecule has 2 aromatic rings. The molecular formula is C22H25ClO5. The SMILES string of the molecule is COc1cc(C)cc2c1Oc1ccc(C(Cl)CC(C)C)c(OC)c1C(=O)OC2. The Labute approximate surface area is 170 Å².